The minimum Gasteiger partial charge on any atom is -0.384 e. The molecule has 1 aromatic carbocycles. The van der Waals surface area contributed by atoms with Gasteiger partial charge in [0.25, 0.3) is 0 Å². The summed E-state index contributed by atoms with van der Waals surface area (Å²) in [6, 6.07) is 6.01. The molecule has 1 aromatic rings. The van der Waals surface area contributed by atoms with E-state index < -0.39 is 0 Å². The van der Waals surface area contributed by atoms with Crippen molar-refractivity contribution in [3.8, 4) is 0 Å². The van der Waals surface area contributed by atoms with Crippen LogP contribution in [0.2, 0.25) is 0 Å². The second-order valence-electron chi connectivity index (χ2n) is 2.34. The first-order chi connectivity index (χ1) is 5.74. The largest absolute Gasteiger partial charge is 0.384 e. The summed E-state index contributed by atoms with van der Waals surface area (Å²) in [5, 5.41) is 3.19. The van der Waals surface area contributed by atoms with Gasteiger partial charge in [0, 0.05) is 27.7 Å². The number of nitrogens with two attached hydrogens (primary N) is 1. The molecule has 0 aliphatic heterocycles. The van der Waals surface area contributed by atoms with Crippen LogP contribution in [0.4, 0.5) is 5.69 Å². The molecule has 0 heterocycles. The van der Waals surface area contributed by atoms with Crippen LogP contribution in [0.1, 0.15) is 0 Å². The van der Waals surface area contributed by atoms with Gasteiger partial charge in [-0.25, -0.2) is 0 Å². The first-order valence-electron chi connectivity index (χ1n) is 3.63. The van der Waals surface area contributed by atoms with E-state index in [2.05, 4.69) is 37.2 Å². The molecule has 66 valence electrons. The van der Waals surface area contributed by atoms with Gasteiger partial charge in [-0.2, -0.15) is 0 Å². The molecule has 0 spiro atoms. The van der Waals surface area contributed by atoms with Gasteiger partial charge < -0.3 is 11.1 Å². The zero-order chi connectivity index (χ0) is 8.97. The molecule has 0 atom stereocenters. The molecule has 0 saturated carbocycles. The molecule has 12 heavy (non-hydrogen) atoms. The van der Waals surface area contributed by atoms with E-state index in [4.69, 9.17) is 5.73 Å². The van der Waals surface area contributed by atoms with Crippen LogP contribution in [0.3, 0.4) is 0 Å². The molecule has 2 nitrogen and oxygen atoms in total. The first kappa shape index (κ1) is 10.0. The Morgan fingerprint density at radius 3 is 2.58 bits per heavy atom. The number of halogens is 2. The quantitative estimate of drug-likeness (QED) is 0.899. The molecule has 0 aliphatic carbocycles. The van der Waals surface area contributed by atoms with Crippen molar-refractivity contribution >= 4 is 37.5 Å². The van der Waals surface area contributed by atoms with Crippen LogP contribution in [0, 0.1) is 0 Å². The zero-order valence-corrected chi connectivity index (χ0v) is 9.65. The van der Waals surface area contributed by atoms with Gasteiger partial charge in [0.2, 0.25) is 0 Å². The standard InChI is InChI=1S/C8H10Br2N2/c9-7-2-1-6(5-8(7)10)12-4-3-11/h1-2,5,12H,3-4,11H2. The number of nitrogens with one attached hydrogen (secondary N) is 1. The number of anilines is 1. The Bertz CT molecular complexity index is 263. The predicted octanol–water partition coefficient (Wildman–Crippen LogP) is 2.58. The molecule has 0 bridgehead atoms. The first-order valence-corrected chi connectivity index (χ1v) is 5.21. The molecule has 0 aromatic heterocycles. The summed E-state index contributed by atoms with van der Waals surface area (Å²) in [5.74, 6) is 0. The molecule has 0 radical (unpaired) electrons. The van der Waals surface area contributed by atoms with Gasteiger partial charge in [0.05, 0.1) is 0 Å². The summed E-state index contributed by atoms with van der Waals surface area (Å²) in [6.07, 6.45) is 0. The lowest BCUT2D eigenvalue weighted by atomic mass is 10.3. The topological polar surface area (TPSA) is 38.0 Å². The zero-order valence-electron chi connectivity index (χ0n) is 6.48. The Labute approximate surface area is 88.8 Å². The van der Waals surface area contributed by atoms with Crippen LogP contribution < -0.4 is 11.1 Å². The summed E-state index contributed by atoms with van der Waals surface area (Å²) >= 11 is 6.82. The third-order valence-corrected chi connectivity index (χ3v) is 3.27. The maximum absolute atomic E-state index is 5.36. The lowest BCUT2D eigenvalue weighted by molar-refractivity contribution is 1.02. The molecular formula is C8H10Br2N2. The van der Waals surface area contributed by atoms with Gasteiger partial charge in [-0.15, -0.1) is 0 Å². The van der Waals surface area contributed by atoms with Crippen LogP contribution >= 0.6 is 31.9 Å². The smallest absolute Gasteiger partial charge is 0.0352 e. The van der Waals surface area contributed by atoms with E-state index in [9.17, 15) is 0 Å². The lowest BCUT2D eigenvalue weighted by Gasteiger charge is -2.05. The Morgan fingerprint density at radius 1 is 1.25 bits per heavy atom. The van der Waals surface area contributed by atoms with Crippen molar-refractivity contribution in [1.29, 1.82) is 0 Å². The van der Waals surface area contributed by atoms with Crippen LogP contribution in [0.5, 0.6) is 0 Å². The molecule has 4 heteroatoms. The number of hydrogen-bond donors (Lipinski definition) is 2. The highest BCUT2D eigenvalue weighted by atomic mass is 79.9. The molecule has 3 N–H and O–H groups in total. The molecule has 0 aliphatic rings. The second-order valence-corrected chi connectivity index (χ2v) is 4.05. The van der Waals surface area contributed by atoms with E-state index >= 15 is 0 Å². The van der Waals surface area contributed by atoms with E-state index in [-0.39, 0.29) is 0 Å². The maximum atomic E-state index is 5.36. The Hall–Kier alpha value is -0.0600. The monoisotopic (exact) mass is 292 g/mol. The van der Waals surface area contributed by atoms with Gasteiger partial charge in [-0.1, -0.05) is 0 Å². The molecule has 0 fully saturated rings. The molecule has 0 unspecified atom stereocenters. The summed E-state index contributed by atoms with van der Waals surface area (Å²) in [5.41, 5.74) is 6.44. The average molecular weight is 294 g/mol. The van der Waals surface area contributed by atoms with Crippen molar-refractivity contribution in [1.82, 2.24) is 0 Å². The van der Waals surface area contributed by atoms with Crippen molar-refractivity contribution in [2.45, 2.75) is 0 Å². The van der Waals surface area contributed by atoms with Gasteiger partial charge in [-0.3, -0.25) is 0 Å². The maximum Gasteiger partial charge on any atom is 0.0352 e. The third kappa shape index (κ3) is 2.77. The molecule has 0 amide bonds. The SMILES string of the molecule is NCCNc1ccc(Br)c(Br)c1. The summed E-state index contributed by atoms with van der Waals surface area (Å²) < 4.78 is 2.10. The van der Waals surface area contributed by atoms with Gasteiger partial charge in [0.1, 0.15) is 0 Å². The normalized spacial score (nSPS) is 9.92. The fourth-order valence-electron chi connectivity index (χ4n) is 0.823. The van der Waals surface area contributed by atoms with E-state index in [0.717, 1.165) is 21.2 Å². The Balaban J connectivity index is 2.69. The highest BCUT2D eigenvalue weighted by molar-refractivity contribution is 9.13. The molecule has 0 saturated heterocycles. The van der Waals surface area contributed by atoms with E-state index in [1.807, 2.05) is 18.2 Å². The van der Waals surface area contributed by atoms with E-state index in [0.29, 0.717) is 6.54 Å². The van der Waals surface area contributed by atoms with Crippen molar-refractivity contribution in [2.24, 2.45) is 5.73 Å². The second kappa shape index (κ2) is 4.84. The molecule has 1 rings (SSSR count). The van der Waals surface area contributed by atoms with Gasteiger partial charge in [-0.05, 0) is 50.1 Å². The van der Waals surface area contributed by atoms with Crippen LogP contribution in [0.15, 0.2) is 27.1 Å². The van der Waals surface area contributed by atoms with Crippen LogP contribution in [-0.2, 0) is 0 Å². The van der Waals surface area contributed by atoms with Crippen molar-refractivity contribution in [3.63, 3.8) is 0 Å². The Morgan fingerprint density at radius 2 is 2.00 bits per heavy atom. The van der Waals surface area contributed by atoms with E-state index in [1.54, 1.807) is 0 Å². The number of hydrogen-bond acceptors (Lipinski definition) is 2. The fourth-order valence-corrected chi connectivity index (χ4v) is 1.45. The minimum atomic E-state index is 0.647. The van der Waals surface area contributed by atoms with Crippen molar-refractivity contribution in [3.05, 3.63) is 27.1 Å². The van der Waals surface area contributed by atoms with Crippen LogP contribution in [-0.4, -0.2) is 13.1 Å². The molecular weight excluding hydrogens is 284 g/mol. The van der Waals surface area contributed by atoms with Gasteiger partial charge >= 0.3 is 0 Å². The number of benzene rings is 1. The van der Waals surface area contributed by atoms with E-state index in [1.165, 1.54) is 0 Å². The predicted molar refractivity (Wildman–Crippen MR) is 59.4 cm³/mol. The fraction of sp³-hybridized carbons (Fsp3) is 0.250. The van der Waals surface area contributed by atoms with Crippen LogP contribution in [0.25, 0.3) is 0 Å². The lowest BCUT2D eigenvalue weighted by Crippen LogP contribution is -2.12. The minimum absolute atomic E-state index is 0.647. The average Bonchev–Trinajstić information content (AvgIpc) is 2.07. The highest BCUT2D eigenvalue weighted by Crippen LogP contribution is 2.25. The Kier molecular flexibility index (Phi) is 4.05. The van der Waals surface area contributed by atoms with Crippen molar-refractivity contribution < 1.29 is 0 Å². The summed E-state index contributed by atoms with van der Waals surface area (Å²) in [6.45, 7) is 1.45. The highest BCUT2D eigenvalue weighted by Gasteiger charge is 1.96. The summed E-state index contributed by atoms with van der Waals surface area (Å²) in [7, 11) is 0. The number of rotatable bonds is 3. The third-order valence-electron chi connectivity index (χ3n) is 1.39. The summed E-state index contributed by atoms with van der Waals surface area (Å²) in [4.78, 5) is 0. The van der Waals surface area contributed by atoms with Crippen molar-refractivity contribution in [2.75, 3.05) is 18.4 Å². The van der Waals surface area contributed by atoms with Gasteiger partial charge in [0.15, 0.2) is 0 Å².